The van der Waals surface area contributed by atoms with Crippen molar-refractivity contribution in [2.45, 2.75) is 18.1 Å². The fourth-order valence-corrected chi connectivity index (χ4v) is 3.02. The first-order valence-corrected chi connectivity index (χ1v) is 6.97. The molecule has 3 heteroatoms. The summed E-state index contributed by atoms with van der Waals surface area (Å²) in [6, 6.07) is 15.5. The Morgan fingerprint density at radius 3 is 1.78 bits per heavy atom. The summed E-state index contributed by atoms with van der Waals surface area (Å²) < 4.78 is 1.15. The van der Waals surface area contributed by atoms with Gasteiger partial charge in [-0.2, -0.15) is 0 Å². The molecule has 1 unspecified atom stereocenters. The molecule has 1 aliphatic rings. The quantitative estimate of drug-likeness (QED) is 0.775. The molecule has 0 fully saturated rings. The van der Waals surface area contributed by atoms with Gasteiger partial charge in [-0.1, -0.05) is 36.4 Å². The summed E-state index contributed by atoms with van der Waals surface area (Å²) in [5, 5.41) is 20.7. The first kappa shape index (κ1) is 12.1. The summed E-state index contributed by atoms with van der Waals surface area (Å²) >= 11 is 2.25. The highest BCUT2D eigenvalue weighted by Crippen LogP contribution is 2.49. The summed E-state index contributed by atoms with van der Waals surface area (Å²) in [4.78, 5) is 0. The van der Waals surface area contributed by atoms with E-state index in [1.165, 1.54) is 0 Å². The monoisotopic (exact) mass is 352 g/mol. The lowest BCUT2D eigenvalue weighted by Gasteiger charge is -2.19. The van der Waals surface area contributed by atoms with Crippen LogP contribution in [0.1, 0.15) is 34.8 Å². The largest absolute Gasteiger partial charge is 0.388 e. The number of fused-ring (bicyclic) bond motifs is 1. The minimum Gasteiger partial charge on any atom is -0.388 e. The van der Waals surface area contributed by atoms with E-state index >= 15 is 0 Å². The molecule has 2 aromatic carbocycles. The van der Waals surface area contributed by atoms with Crippen molar-refractivity contribution in [3.05, 3.63) is 68.8 Å². The van der Waals surface area contributed by atoms with Gasteiger partial charge < -0.3 is 10.2 Å². The first-order chi connectivity index (χ1) is 8.68. The molecule has 0 bridgehead atoms. The molecule has 0 saturated carbocycles. The summed E-state index contributed by atoms with van der Waals surface area (Å²) in [5.74, 6) is -0.264. The maximum atomic E-state index is 10.4. The van der Waals surface area contributed by atoms with Crippen molar-refractivity contribution in [2.24, 2.45) is 0 Å². The van der Waals surface area contributed by atoms with Crippen LogP contribution < -0.4 is 0 Å². The normalized spacial score (nSPS) is 26.1. The Kier molecular flexibility index (Phi) is 3.13. The molecular weight excluding hydrogens is 339 g/mol. The van der Waals surface area contributed by atoms with Crippen LogP contribution in [0.4, 0.5) is 0 Å². The van der Waals surface area contributed by atoms with Crippen LogP contribution in [0.15, 0.2) is 48.5 Å². The molecule has 0 amide bonds. The maximum Gasteiger partial charge on any atom is 0.0890 e. The van der Waals surface area contributed by atoms with Crippen LogP contribution in [-0.4, -0.2) is 10.2 Å². The fraction of sp³-hybridized carbons (Fsp3) is 0.200. The van der Waals surface area contributed by atoms with E-state index < -0.39 is 12.2 Å². The summed E-state index contributed by atoms with van der Waals surface area (Å²) in [6.45, 7) is 0. The Bertz CT molecular complexity index is 536. The zero-order chi connectivity index (χ0) is 12.7. The molecule has 92 valence electrons. The van der Waals surface area contributed by atoms with Gasteiger partial charge in [0.15, 0.2) is 0 Å². The Labute approximate surface area is 119 Å². The van der Waals surface area contributed by atoms with Crippen molar-refractivity contribution in [3.63, 3.8) is 0 Å². The molecule has 18 heavy (non-hydrogen) atoms. The lowest BCUT2D eigenvalue weighted by Crippen LogP contribution is -2.09. The third kappa shape index (κ3) is 1.86. The Morgan fingerprint density at radius 1 is 0.778 bits per heavy atom. The Morgan fingerprint density at radius 2 is 1.28 bits per heavy atom. The van der Waals surface area contributed by atoms with Gasteiger partial charge in [-0.3, -0.25) is 0 Å². The van der Waals surface area contributed by atoms with Crippen LogP contribution in [0.3, 0.4) is 0 Å². The van der Waals surface area contributed by atoms with Gasteiger partial charge in [-0.25, -0.2) is 0 Å². The van der Waals surface area contributed by atoms with Crippen molar-refractivity contribution in [1.29, 1.82) is 0 Å². The van der Waals surface area contributed by atoms with E-state index in [-0.39, 0.29) is 5.92 Å². The Balaban J connectivity index is 2.03. The SMILES string of the molecule is O[C@@H]1c2ccccc2[C@H](O)C1c1ccc(I)cc1. The number of halogens is 1. The second-order valence-electron chi connectivity index (χ2n) is 4.60. The standard InChI is InChI=1S/C15H13IO2/c16-10-7-5-9(6-8-10)13-14(17)11-3-1-2-4-12(11)15(13)18/h1-8,13-15,17-18H/t13?,14-,15+. The smallest absolute Gasteiger partial charge is 0.0890 e. The molecule has 2 aromatic rings. The number of rotatable bonds is 1. The third-order valence-electron chi connectivity index (χ3n) is 3.57. The van der Waals surface area contributed by atoms with E-state index in [4.69, 9.17) is 0 Å². The highest BCUT2D eigenvalue weighted by molar-refractivity contribution is 14.1. The molecule has 0 aromatic heterocycles. The van der Waals surface area contributed by atoms with Crippen molar-refractivity contribution in [3.8, 4) is 0 Å². The predicted octanol–water partition coefficient (Wildman–Crippen LogP) is 3.16. The number of hydrogen-bond donors (Lipinski definition) is 2. The molecule has 3 atom stereocenters. The second kappa shape index (κ2) is 4.64. The van der Waals surface area contributed by atoms with Crippen LogP contribution in [0.25, 0.3) is 0 Å². The number of aliphatic hydroxyl groups is 2. The van der Waals surface area contributed by atoms with Gasteiger partial charge in [0.2, 0.25) is 0 Å². The molecule has 0 spiro atoms. The van der Waals surface area contributed by atoms with Crippen molar-refractivity contribution < 1.29 is 10.2 Å². The number of benzene rings is 2. The van der Waals surface area contributed by atoms with E-state index in [0.717, 1.165) is 20.3 Å². The predicted molar refractivity (Wildman–Crippen MR) is 78.3 cm³/mol. The highest BCUT2D eigenvalue weighted by Gasteiger charge is 2.39. The van der Waals surface area contributed by atoms with E-state index in [9.17, 15) is 10.2 Å². The van der Waals surface area contributed by atoms with E-state index in [0.29, 0.717) is 0 Å². The molecular formula is C15H13IO2. The fourth-order valence-electron chi connectivity index (χ4n) is 2.66. The average Bonchev–Trinajstić information content (AvgIpc) is 2.64. The lowest BCUT2D eigenvalue weighted by molar-refractivity contribution is 0.0771. The van der Waals surface area contributed by atoms with Gasteiger partial charge in [-0.05, 0) is 51.4 Å². The lowest BCUT2D eigenvalue weighted by atomic mass is 9.92. The van der Waals surface area contributed by atoms with Gasteiger partial charge in [0.05, 0.1) is 12.2 Å². The Hall–Kier alpha value is -0.910. The summed E-state index contributed by atoms with van der Waals surface area (Å²) in [6.07, 6.45) is -1.26. The topological polar surface area (TPSA) is 40.5 Å². The van der Waals surface area contributed by atoms with Crippen LogP contribution in [-0.2, 0) is 0 Å². The third-order valence-corrected chi connectivity index (χ3v) is 4.29. The van der Waals surface area contributed by atoms with Crippen LogP contribution in [0.5, 0.6) is 0 Å². The van der Waals surface area contributed by atoms with Gasteiger partial charge in [0.25, 0.3) is 0 Å². The molecule has 2 N–H and O–H groups in total. The molecule has 1 aliphatic carbocycles. The van der Waals surface area contributed by atoms with E-state index in [2.05, 4.69) is 22.6 Å². The van der Waals surface area contributed by atoms with Gasteiger partial charge in [0, 0.05) is 9.49 Å². The van der Waals surface area contributed by atoms with Crippen LogP contribution in [0, 0.1) is 3.57 Å². The van der Waals surface area contributed by atoms with Crippen LogP contribution >= 0.6 is 22.6 Å². The van der Waals surface area contributed by atoms with Crippen molar-refractivity contribution in [1.82, 2.24) is 0 Å². The number of aliphatic hydroxyl groups excluding tert-OH is 2. The summed E-state index contributed by atoms with van der Waals surface area (Å²) in [5.41, 5.74) is 2.66. The van der Waals surface area contributed by atoms with Crippen molar-refractivity contribution >= 4 is 22.6 Å². The zero-order valence-corrected chi connectivity index (χ0v) is 11.8. The average molecular weight is 352 g/mol. The second-order valence-corrected chi connectivity index (χ2v) is 5.84. The molecule has 0 aliphatic heterocycles. The van der Waals surface area contributed by atoms with Gasteiger partial charge >= 0.3 is 0 Å². The highest BCUT2D eigenvalue weighted by atomic mass is 127. The zero-order valence-electron chi connectivity index (χ0n) is 9.62. The molecule has 0 radical (unpaired) electrons. The maximum absolute atomic E-state index is 10.4. The van der Waals surface area contributed by atoms with Crippen LogP contribution in [0.2, 0.25) is 0 Å². The molecule has 2 nitrogen and oxygen atoms in total. The number of hydrogen-bond acceptors (Lipinski definition) is 2. The van der Waals surface area contributed by atoms with Crippen molar-refractivity contribution in [2.75, 3.05) is 0 Å². The van der Waals surface area contributed by atoms with Gasteiger partial charge in [0.1, 0.15) is 0 Å². The molecule has 3 rings (SSSR count). The minimum absolute atomic E-state index is 0.264. The van der Waals surface area contributed by atoms with Gasteiger partial charge in [-0.15, -0.1) is 0 Å². The summed E-state index contributed by atoms with van der Waals surface area (Å²) in [7, 11) is 0. The van der Waals surface area contributed by atoms with E-state index in [1.807, 2.05) is 48.5 Å². The molecule has 0 heterocycles. The molecule has 0 saturated heterocycles. The minimum atomic E-state index is -0.628. The first-order valence-electron chi connectivity index (χ1n) is 5.89. The van der Waals surface area contributed by atoms with E-state index in [1.54, 1.807) is 0 Å².